The number of amides is 1. The normalized spacial score (nSPS) is 10.5. The first-order valence-electron chi connectivity index (χ1n) is 5.34. The zero-order valence-electron chi connectivity index (χ0n) is 9.50. The Bertz CT molecular complexity index is 605. The van der Waals surface area contributed by atoms with Crippen molar-refractivity contribution in [3.8, 4) is 0 Å². The van der Waals surface area contributed by atoms with Gasteiger partial charge in [-0.05, 0) is 12.1 Å². The van der Waals surface area contributed by atoms with Crippen molar-refractivity contribution in [1.29, 1.82) is 0 Å². The predicted octanol–water partition coefficient (Wildman–Crippen LogP) is 0.929. The van der Waals surface area contributed by atoms with Crippen LogP contribution in [0.1, 0.15) is 6.42 Å². The van der Waals surface area contributed by atoms with E-state index in [-0.39, 0.29) is 18.0 Å². The van der Waals surface area contributed by atoms with Crippen LogP contribution >= 0.6 is 0 Å². The molecule has 0 saturated heterocycles. The number of aromatic nitrogens is 1. The van der Waals surface area contributed by atoms with Gasteiger partial charge in [0.25, 0.3) is 5.69 Å². The van der Waals surface area contributed by atoms with E-state index in [0.717, 1.165) is 10.9 Å². The molecule has 0 spiro atoms. The molecule has 0 fully saturated rings. The highest BCUT2D eigenvalue weighted by molar-refractivity contribution is 5.82. The average Bonchev–Trinajstić information content (AvgIpc) is 2.78. The second-order valence-corrected chi connectivity index (χ2v) is 3.83. The summed E-state index contributed by atoms with van der Waals surface area (Å²) in [5.41, 5.74) is 2.97. The van der Waals surface area contributed by atoms with Crippen molar-refractivity contribution in [2.45, 2.75) is 13.0 Å². The Morgan fingerprint density at radius 3 is 2.89 bits per heavy atom. The Labute approximate surface area is 102 Å². The van der Waals surface area contributed by atoms with Gasteiger partial charge in [0.15, 0.2) is 0 Å². The van der Waals surface area contributed by atoms with Gasteiger partial charge in [0.1, 0.15) is 0 Å². The van der Waals surface area contributed by atoms with Gasteiger partial charge in [0.05, 0.1) is 4.92 Å². The number of nitro groups is 1. The topological polar surface area (TPSA) is 103 Å². The number of hydrogen-bond acceptors (Lipinski definition) is 4. The van der Waals surface area contributed by atoms with Crippen LogP contribution in [0.15, 0.2) is 30.5 Å². The smallest absolute Gasteiger partial charge is 0.270 e. The van der Waals surface area contributed by atoms with E-state index in [1.807, 2.05) is 4.57 Å². The first-order chi connectivity index (χ1) is 8.61. The van der Waals surface area contributed by atoms with Gasteiger partial charge in [0.2, 0.25) is 5.91 Å². The number of aryl methyl sites for hydroxylation is 1. The fourth-order valence-electron chi connectivity index (χ4n) is 1.79. The maximum atomic E-state index is 11.0. The van der Waals surface area contributed by atoms with E-state index in [0.29, 0.717) is 6.54 Å². The monoisotopic (exact) mass is 248 g/mol. The van der Waals surface area contributed by atoms with E-state index in [1.165, 1.54) is 12.1 Å². The molecule has 0 atom stereocenters. The lowest BCUT2D eigenvalue weighted by Gasteiger charge is -2.04. The van der Waals surface area contributed by atoms with Crippen molar-refractivity contribution < 1.29 is 9.72 Å². The summed E-state index contributed by atoms with van der Waals surface area (Å²) in [6, 6.07) is 6.41. The Hall–Kier alpha value is -2.41. The van der Waals surface area contributed by atoms with Crippen LogP contribution in [0.2, 0.25) is 0 Å². The molecule has 1 aromatic heterocycles. The molecule has 0 aliphatic heterocycles. The van der Waals surface area contributed by atoms with Gasteiger partial charge in [-0.25, -0.2) is 5.84 Å². The first-order valence-corrected chi connectivity index (χ1v) is 5.34. The molecule has 1 aromatic carbocycles. The molecule has 1 heterocycles. The lowest BCUT2D eigenvalue weighted by atomic mass is 10.2. The number of nitrogens with one attached hydrogen (secondary N) is 1. The molecule has 2 aromatic rings. The van der Waals surface area contributed by atoms with Crippen molar-refractivity contribution >= 4 is 22.5 Å². The molecule has 1 amide bonds. The number of nitrogens with two attached hydrogens (primary N) is 1. The van der Waals surface area contributed by atoms with Crippen molar-refractivity contribution in [3.05, 3.63) is 40.6 Å². The third-order valence-electron chi connectivity index (χ3n) is 2.71. The summed E-state index contributed by atoms with van der Waals surface area (Å²) < 4.78 is 1.86. The molecular formula is C11H12N4O3. The standard InChI is InChI=1S/C11H12N4O3/c12-13-11(16)4-6-14-5-3-8-7-9(15(17)18)1-2-10(8)14/h1-3,5,7H,4,6,12H2,(H,13,16). The van der Waals surface area contributed by atoms with Gasteiger partial charge >= 0.3 is 0 Å². The third kappa shape index (κ3) is 2.30. The van der Waals surface area contributed by atoms with E-state index < -0.39 is 4.92 Å². The lowest BCUT2D eigenvalue weighted by molar-refractivity contribution is -0.384. The molecule has 3 N–H and O–H groups in total. The van der Waals surface area contributed by atoms with E-state index in [2.05, 4.69) is 5.43 Å². The second-order valence-electron chi connectivity index (χ2n) is 3.83. The van der Waals surface area contributed by atoms with E-state index in [1.54, 1.807) is 18.3 Å². The molecule has 7 nitrogen and oxygen atoms in total. The summed E-state index contributed by atoms with van der Waals surface area (Å²) >= 11 is 0. The molecule has 2 rings (SSSR count). The lowest BCUT2D eigenvalue weighted by Crippen LogP contribution is -2.30. The van der Waals surface area contributed by atoms with Crippen LogP contribution in [-0.2, 0) is 11.3 Å². The van der Waals surface area contributed by atoms with Crippen LogP contribution in [0.3, 0.4) is 0 Å². The zero-order valence-corrected chi connectivity index (χ0v) is 9.50. The number of nitro benzene ring substituents is 1. The van der Waals surface area contributed by atoms with Crippen LogP contribution < -0.4 is 11.3 Å². The highest BCUT2D eigenvalue weighted by atomic mass is 16.6. The quantitative estimate of drug-likeness (QED) is 0.363. The Morgan fingerprint density at radius 2 is 2.22 bits per heavy atom. The SMILES string of the molecule is NNC(=O)CCn1ccc2cc([N+](=O)[O-])ccc21. The van der Waals surface area contributed by atoms with Gasteiger partial charge in [-0.1, -0.05) is 0 Å². The molecular weight excluding hydrogens is 236 g/mol. The minimum absolute atomic E-state index is 0.0555. The maximum Gasteiger partial charge on any atom is 0.270 e. The first kappa shape index (κ1) is 12.1. The number of rotatable bonds is 4. The molecule has 0 radical (unpaired) electrons. The molecule has 7 heteroatoms. The van der Waals surface area contributed by atoms with E-state index in [9.17, 15) is 14.9 Å². The molecule has 0 aliphatic rings. The number of non-ortho nitro benzene ring substituents is 1. The molecule has 0 aliphatic carbocycles. The number of carbonyl (C=O) groups is 1. The molecule has 18 heavy (non-hydrogen) atoms. The van der Waals surface area contributed by atoms with E-state index >= 15 is 0 Å². The van der Waals surface area contributed by atoms with Gasteiger partial charge < -0.3 is 4.57 Å². The predicted molar refractivity (Wildman–Crippen MR) is 65.5 cm³/mol. The highest BCUT2D eigenvalue weighted by Gasteiger charge is 2.09. The minimum atomic E-state index is -0.432. The number of benzene rings is 1. The largest absolute Gasteiger partial charge is 0.347 e. The molecule has 0 unspecified atom stereocenters. The zero-order chi connectivity index (χ0) is 13.1. The average molecular weight is 248 g/mol. The molecule has 94 valence electrons. The summed E-state index contributed by atoms with van der Waals surface area (Å²) in [5, 5.41) is 11.4. The molecule has 0 saturated carbocycles. The summed E-state index contributed by atoms with van der Waals surface area (Å²) in [6.07, 6.45) is 2.05. The van der Waals surface area contributed by atoms with Crippen LogP contribution in [0.25, 0.3) is 10.9 Å². The fourth-order valence-corrected chi connectivity index (χ4v) is 1.79. The van der Waals surface area contributed by atoms with Crippen LogP contribution in [-0.4, -0.2) is 15.4 Å². The second kappa shape index (κ2) is 4.84. The maximum absolute atomic E-state index is 11.0. The summed E-state index contributed by atoms with van der Waals surface area (Å²) in [7, 11) is 0. The van der Waals surface area contributed by atoms with Crippen LogP contribution in [0.4, 0.5) is 5.69 Å². The Balaban J connectivity index is 2.26. The summed E-state index contributed by atoms with van der Waals surface area (Å²) in [5.74, 6) is 4.74. The van der Waals surface area contributed by atoms with Crippen molar-refractivity contribution in [2.75, 3.05) is 0 Å². The van der Waals surface area contributed by atoms with Crippen molar-refractivity contribution in [2.24, 2.45) is 5.84 Å². The minimum Gasteiger partial charge on any atom is -0.347 e. The summed E-state index contributed by atoms with van der Waals surface area (Å²) in [4.78, 5) is 21.3. The van der Waals surface area contributed by atoms with Crippen molar-refractivity contribution in [3.63, 3.8) is 0 Å². The number of fused-ring (bicyclic) bond motifs is 1. The van der Waals surface area contributed by atoms with Crippen LogP contribution in [0.5, 0.6) is 0 Å². The van der Waals surface area contributed by atoms with Gasteiger partial charge in [0, 0.05) is 42.2 Å². The van der Waals surface area contributed by atoms with Gasteiger partial charge in [-0.3, -0.25) is 20.3 Å². The Morgan fingerprint density at radius 1 is 1.44 bits per heavy atom. The summed E-state index contributed by atoms with van der Waals surface area (Å²) in [6.45, 7) is 0.477. The van der Waals surface area contributed by atoms with Crippen molar-refractivity contribution in [1.82, 2.24) is 9.99 Å². The van der Waals surface area contributed by atoms with Crippen LogP contribution in [0, 0.1) is 10.1 Å². The Kier molecular flexibility index (Phi) is 3.24. The van der Waals surface area contributed by atoms with E-state index in [4.69, 9.17) is 5.84 Å². The number of hydrazine groups is 1. The third-order valence-corrected chi connectivity index (χ3v) is 2.71. The van der Waals surface area contributed by atoms with Gasteiger partial charge in [-0.15, -0.1) is 0 Å². The highest BCUT2D eigenvalue weighted by Crippen LogP contribution is 2.22. The number of carbonyl (C=O) groups excluding carboxylic acids is 1. The fraction of sp³-hybridized carbons (Fsp3) is 0.182. The molecule has 0 bridgehead atoms. The number of hydrogen-bond donors (Lipinski definition) is 2. The van der Waals surface area contributed by atoms with Gasteiger partial charge in [-0.2, -0.15) is 0 Å². The number of nitrogens with zero attached hydrogens (tertiary/aromatic N) is 2.